The van der Waals surface area contributed by atoms with E-state index in [2.05, 4.69) is 15.6 Å². The Morgan fingerprint density at radius 3 is 2.79 bits per heavy atom. The molecule has 2 aromatic rings. The highest BCUT2D eigenvalue weighted by Crippen LogP contribution is 2.34. The summed E-state index contributed by atoms with van der Waals surface area (Å²) in [4.78, 5) is 27.8. The molecule has 6 nitrogen and oxygen atoms in total. The largest absolute Gasteiger partial charge is 0.479 e. The molecule has 1 aromatic carbocycles. The maximum atomic E-state index is 12.3. The molecule has 0 saturated carbocycles. The average molecular weight is 387 g/mol. The van der Waals surface area contributed by atoms with Crippen LogP contribution in [-0.2, 0) is 4.79 Å². The average Bonchev–Trinajstić information content (AvgIpc) is 2.54. The van der Waals surface area contributed by atoms with E-state index >= 15 is 0 Å². The van der Waals surface area contributed by atoms with Crippen LogP contribution >= 0.6 is 34.8 Å². The number of rotatable bonds is 2. The lowest BCUT2D eigenvalue weighted by molar-refractivity contribution is -0.122. The van der Waals surface area contributed by atoms with Crippen molar-refractivity contribution in [3.8, 4) is 5.75 Å². The van der Waals surface area contributed by atoms with E-state index in [1.54, 1.807) is 25.1 Å². The summed E-state index contributed by atoms with van der Waals surface area (Å²) in [5, 5.41) is 5.49. The van der Waals surface area contributed by atoms with Crippen LogP contribution in [0.2, 0.25) is 15.1 Å². The molecule has 9 heteroatoms. The van der Waals surface area contributed by atoms with Crippen LogP contribution in [0.25, 0.3) is 0 Å². The number of aromatic nitrogens is 1. The number of hydrogen-bond acceptors (Lipinski definition) is 4. The number of hydrogen-bond donors (Lipinski definition) is 2. The molecule has 2 heterocycles. The molecular weight excluding hydrogens is 377 g/mol. The molecule has 0 unspecified atom stereocenters. The van der Waals surface area contributed by atoms with Gasteiger partial charge in [-0.3, -0.25) is 9.59 Å². The van der Waals surface area contributed by atoms with E-state index in [1.807, 2.05) is 0 Å². The first-order valence-corrected chi connectivity index (χ1v) is 7.92. The fourth-order valence-corrected chi connectivity index (χ4v) is 2.64. The first kappa shape index (κ1) is 16.8. The zero-order valence-electron chi connectivity index (χ0n) is 12.2. The first-order chi connectivity index (χ1) is 11.4. The second-order valence-corrected chi connectivity index (χ2v) is 6.16. The van der Waals surface area contributed by atoms with Gasteiger partial charge in [-0.15, -0.1) is 0 Å². The van der Waals surface area contributed by atoms with Crippen molar-refractivity contribution in [3.05, 3.63) is 45.2 Å². The van der Waals surface area contributed by atoms with Crippen LogP contribution in [0.5, 0.6) is 5.75 Å². The number of fused-ring (bicyclic) bond motifs is 1. The molecule has 124 valence electrons. The van der Waals surface area contributed by atoms with E-state index in [-0.39, 0.29) is 26.7 Å². The molecule has 2 N–H and O–H groups in total. The number of nitrogens with zero attached hydrogens (tertiary/aromatic N) is 1. The summed E-state index contributed by atoms with van der Waals surface area (Å²) < 4.78 is 5.45. The van der Waals surface area contributed by atoms with E-state index in [4.69, 9.17) is 39.5 Å². The number of halogens is 3. The van der Waals surface area contributed by atoms with Crippen molar-refractivity contribution in [2.24, 2.45) is 0 Å². The lowest BCUT2D eigenvalue weighted by Crippen LogP contribution is -2.34. The van der Waals surface area contributed by atoms with Crippen molar-refractivity contribution in [3.63, 3.8) is 0 Å². The topological polar surface area (TPSA) is 80.3 Å². The van der Waals surface area contributed by atoms with Gasteiger partial charge >= 0.3 is 0 Å². The predicted molar refractivity (Wildman–Crippen MR) is 92.4 cm³/mol. The highest BCUT2D eigenvalue weighted by molar-refractivity contribution is 6.49. The minimum atomic E-state index is -0.572. The molecule has 0 aliphatic carbocycles. The minimum Gasteiger partial charge on any atom is -0.479 e. The molecule has 1 aromatic heterocycles. The summed E-state index contributed by atoms with van der Waals surface area (Å²) in [5.41, 5.74) is 0.836. The Bertz CT molecular complexity index is 857. The third kappa shape index (κ3) is 3.13. The molecule has 3 rings (SSSR count). The number of anilines is 2. The summed E-state index contributed by atoms with van der Waals surface area (Å²) in [6.07, 6.45) is 0.671. The molecule has 0 radical (unpaired) electrons. The third-order valence-electron chi connectivity index (χ3n) is 3.30. The fraction of sp³-hybridized carbons (Fsp3) is 0.133. The van der Waals surface area contributed by atoms with Gasteiger partial charge in [0.15, 0.2) is 6.10 Å². The zero-order chi connectivity index (χ0) is 17.4. The Hall–Kier alpha value is -2.02. The molecule has 0 saturated heterocycles. The maximum absolute atomic E-state index is 12.3. The van der Waals surface area contributed by atoms with Gasteiger partial charge in [-0.25, -0.2) is 4.98 Å². The van der Waals surface area contributed by atoms with Crippen LogP contribution in [0.1, 0.15) is 17.4 Å². The molecular formula is C15H10Cl3N3O3. The second kappa shape index (κ2) is 6.47. The van der Waals surface area contributed by atoms with Gasteiger partial charge in [0.1, 0.15) is 11.4 Å². The number of ether oxygens (including phenoxy) is 1. The summed E-state index contributed by atoms with van der Waals surface area (Å²) in [6.45, 7) is 1.64. The smallest absolute Gasteiger partial charge is 0.275 e. The van der Waals surface area contributed by atoms with E-state index in [0.29, 0.717) is 17.1 Å². The Balaban J connectivity index is 1.85. The Morgan fingerprint density at radius 2 is 2.04 bits per heavy atom. The van der Waals surface area contributed by atoms with Gasteiger partial charge < -0.3 is 15.4 Å². The molecule has 0 spiro atoms. The van der Waals surface area contributed by atoms with E-state index in [0.717, 1.165) is 0 Å². The number of amides is 2. The van der Waals surface area contributed by atoms with Gasteiger partial charge in [-0.1, -0.05) is 34.8 Å². The zero-order valence-corrected chi connectivity index (χ0v) is 14.5. The van der Waals surface area contributed by atoms with Crippen molar-refractivity contribution in [1.82, 2.24) is 4.98 Å². The third-order valence-corrected chi connectivity index (χ3v) is 4.54. The fourth-order valence-electron chi connectivity index (χ4n) is 2.08. The van der Waals surface area contributed by atoms with Crippen LogP contribution in [0.4, 0.5) is 11.4 Å². The minimum absolute atomic E-state index is 0.0370. The lowest BCUT2D eigenvalue weighted by atomic mass is 10.2. The van der Waals surface area contributed by atoms with E-state index < -0.39 is 12.0 Å². The highest BCUT2D eigenvalue weighted by Gasteiger charge is 2.24. The molecule has 0 bridgehead atoms. The summed E-state index contributed by atoms with van der Waals surface area (Å²) in [7, 11) is 0. The number of carbonyl (C=O) groups excluding carboxylic acids is 2. The van der Waals surface area contributed by atoms with Crippen LogP contribution < -0.4 is 15.4 Å². The standard InChI is InChI=1S/C15H10Cl3N3O3/c1-6-14(22)21-9-4-7(2-3-10(9)24-6)20-15(23)13-12(18)11(17)8(16)5-19-13/h2-6H,1H3,(H,20,23)(H,21,22)/t6-/m1/s1. The molecule has 1 aliphatic heterocycles. The Kier molecular flexibility index (Phi) is 4.54. The van der Waals surface area contributed by atoms with Gasteiger partial charge in [0.2, 0.25) is 0 Å². The SMILES string of the molecule is C[C@H]1Oc2ccc(NC(=O)c3ncc(Cl)c(Cl)c3Cl)cc2NC1=O. The van der Waals surface area contributed by atoms with Crippen molar-refractivity contribution in [2.45, 2.75) is 13.0 Å². The van der Waals surface area contributed by atoms with Gasteiger partial charge in [0.05, 0.1) is 20.8 Å². The first-order valence-electron chi connectivity index (χ1n) is 6.79. The molecule has 0 fully saturated rings. The van der Waals surface area contributed by atoms with Gasteiger partial charge in [0.25, 0.3) is 11.8 Å². The van der Waals surface area contributed by atoms with Crippen molar-refractivity contribution >= 4 is 58.0 Å². The quantitative estimate of drug-likeness (QED) is 0.817. The number of nitrogens with one attached hydrogen (secondary N) is 2. The summed E-state index contributed by atoms with van der Waals surface area (Å²) in [6, 6.07) is 4.85. The van der Waals surface area contributed by atoms with Crippen molar-refractivity contribution in [2.75, 3.05) is 10.6 Å². The number of pyridine rings is 1. The Morgan fingerprint density at radius 1 is 1.29 bits per heavy atom. The van der Waals surface area contributed by atoms with Gasteiger partial charge in [0, 0.05) is 11.9 Å². The molecule has 2 amide bonds. The molecule has 1 atom stereocenters. The van der Waals surface area contributed by atoms with Gasteiger partial charge in [-0.2, -0.15) is 0 Å². The number of carbonyl (C=O) groups is 2. The summed E-state index contributed by atoms with van der Waals surface area (Å²) in [5.74, 6) is -0.305. The summed E-state index contributed by atoms with van der Waals surface area (Å²) >= 11 is 17.7. The number of benzene rings is 1. The van der Waals surface area contributed by atoms with Crippen LogP contribution in [-0.4, -0.2) is 22.9 Å². The maximum Gasteiger partial charge on any atom is 0.275 e. The van der Waals surface area contributed by atoms with Crippen molar-refractivity contribution < 1.29 is 14.3 Å². The predicted octanol–water partition coefficient (Wildman–Crippen LogP) is 4.01. The van der Waals surface area contributed by atoms with Crippen molar-refractivity contribution in [1.29, 1.82) is 0 Å². The van der Waals surface area contributed by atoms with Crippen LogP contribution in [0.3, 0.4) is 0 Å². The van der Waals surface area contributed by atoms with E-state index in [9.17, 15) is 9.59 Å². The Labute approximate surface area is 152 Å². The van der Waals surface area contributed by atoms with E-state index in [1.165, 1.54) is 6.20 Å². The molecule has 24 heavy (non-hydrogen) atoms. The normalized spacial score (nSPS) is 16.0. The second-order valence-electron chi connectivity index (χ2n) is 5.00. The monoisotopic (exact) mass is 385 g/mol. The lowest BCUT2D eigenvalue weighted by Gasteiger charge is -2.23. The molecule has 1 aliphatic rings. The van der Waals surface area contributed by atoms with Crippen LogP contribution in [0, 0.1) is 0 Å². The van der Waals surface area contributed by atoms with Gasteiger partial charge in [-0.05, 0) is 25.1 Å². The van der Waals surface area contributed by atoms with Crippen LogP contribution in [0.15, 0.2) is 24.4 Å². The highest BCUT2D eigenvalue weighted by atomic mass is 35.5.